The van der Waals surface area contributed by atoms with E-state index >= 15 is 0 Å². The summed E-state index contributed by atoms with van der Waals surface area (Å²) in [7, 11) is 0. The van der Waals surface area contributed by atoms with Gasteiger partial charge < -0.3 is 15.5 Å². The molecule has 1 aromatic carbocycles. The number of hydrogen-bond donors (Lipinski definition) is 2. The number of fused-ring (bicyclic) bond motifs is 1. The number of furan rings is 1. The lowest BCUT2D eigenvalue weighted by atomic mass is 10.1. The number of nitrogens with two attached hydrogens (primary N) is 1. The van der Waals surface area contributed by atoms with Crippen molar-refractivity contribution >= 4 is 16.9 Å². The lowest BCUT2D eigenvalue weighted by Crippen LogP contribution is -2.32. The molecule has 1 amide bonds. The van der Waals surface area contributed by atoms with Crippen LogP contribution in [0.4, 0.5) is 0 Å². The van der Waals surface area contributed by atoms with Crippen LogP contribution in [0.25, 0.3) is 11.0 Å². The molecule has 0 spiro atoms. The van der Waals surface area contributed by atoms with Gasteiger partial charge in [-0.05, 0) is 32.0 Å². The Hall–Kier alpha value is -1.81. The van der Waals surface area contributed by atoms with Crippen molar-refractivity contribution in [3.8, 4) is 0 Å². The second kappa shape index (κ2) is 5.89. The van der Waals surface area contributed by atoms with Gasteiger partial charge in [-0.1, -0.05) is 25.1 Å². The van der Waals surface area contributed by atoms with Gasteiger partial charge in [0.25, 0.3) is 0 Å². The molecule has 0 fully saturated rings. The molecular weight excluding hydrogens is 240 g/mol. The molecule has 0 aliphatic carbocycles. The van der Waals surface area contributed by atoms with E-state index in [2.05, 4.69) is 5.32 Å². The van der Waals surface area contributed by atoms with Crippen LogP contribution in [0.15, 0.2) is 34.7 Å². The number of carbonyl (C=O) groups excluding carboxylic acids is 1. The Morgan fingerprint density at radius 3 is 2.79 bits per heavy atom. The summed E-state index contributed by atoms with van der Waals surface area (Å²) < 4.78 is 5.73. The molecule has 0 radical (unpaired) electrons. The highest BCUT2D eigenvalue weighted by molar-refractivity contribution is 5.80. The van der Waals surface area contributed by atoms with Crippen LogP contribution in [0.5, 0.6) is 0 Å². The fourth-order valence-electron chi connectivity index (χ4n) is 2.02. The Kier molecular flexibility index (Phi) is 4.22. The van der Waals surface area contributed by atoms with Gasteiger partial charge in [0.05, 0.1) is 6.04 Å². The van der Waals surface area contributed by atoms with Crippen molar-refractivity contribution in [2.45, 2.75) is 26.3 Å². The van der Waals surface area contributed by atoms with E-state index < -0.39 is 0 Å². The summed E-state index contributed by atoms with van der Waals surface area (Å²) in [6.45, 7) is 4.33. The molecule has 0 bridgehead atoms. The number of nitrogens with one attached hydrogen (secondary N) is 1. The Morgan fingerprint density at radius 2 is 2.11 bits per heavy atom. The van der Waals surface area contributed by atoms with Gasteiger partial charge in [-0.15, -0.1) is 0 Å². The van der Waals surface area contributed by atoms with Gasteiger partial charge in [0.15, 0.2) is 0 Å². The van der Waals surface area contributed by atoms with Gasteiger partial charge in [-0.25, -0.2) is 0 Å². The van der Waals surface area contributed by atoms with Crippen molar-refractivity contribution in [1.29, 1.82) is 0 Å². The lowest BCUT2D eigenvalue weighted by Gasteiger charge is -2.15. The molecule has 1 heterocycles. The molecule has 1 aromatic heterocycles. The molecule has 0 aliphatic heterocycles. The minimum Gasteiger partial charge on any atom is -0.459 e. The highest BCUT2D eigenvalue weighted by atomic mass is 16.3. The van der Waals surface area contributed by atoms with Crippen LogP contribution in [0.2, 0.25) is 0 Å². The van der Waals surface area contributed by atoms with Crippen molar-refractivity contribution in [3.05, 3.63) is 36.1 Å². The van der Waals surface area contributed by atoms with E-state index in [9.17, 15) is 4.79 Å². The van der Waals surface area contributed by atoms with Crippen molar-refractivity contribution in [1.82, 2.24) is 5.32 Å². The lowest BCUT2D eigenvalue weighted by molar-refractivity contribution is -0.125. The maximum absolute atomic E-state index is 11.9. The van der Waals surface area contributed by atoms with Crippen LogP contribution in [-0.2, 0) is 4.79 Å². The fraction of sp³-hybridized carbons (Fsp3) is 0.400. The van der Waals surface area contributed by atoms with E-state index in [1.165, 1.54) is 0 Å². The smallest absolute Gasteiger partial charge is 0.223 e. The Bertz CT molecular complexity index is 529. The van der Waals surface area contributed by atoms with E-state index in [0.29, 0.717) is 13.0 Å². The van der Waals surface area contributed by atoms with Crippen molar-refractivity contribution in [3.63, 3.8) is 0 Å². The molecule has 2 atom stereocenters. The summed E-state index contributed by atoms with van der Waals surface area (Å²) in [5, 5.41) is 4.00. The first kappa shape index (κ1) is 13.6. The Balaban J connectivity index is 2.07. The molecule has 2 unspecified atom stereocenters. The van der Waals surface area contributed by atoms with Gasteiger partial charge in [-0.2, -0.15) is 0 Å². The minimum absolute atomic E-state index is 0.0124. The normalized spacial score (nSPS) is 14.3. The summed E-state index contributed by atoms with van der Waals surface area (Å²) in [6.07, 6.45) is 0.693. The van der Waals surface area contributed by atoms with Gasteiger partial charge in [-0.3, -0.25) is 4.79 Å². The Morgan fingerprint density at radius 1 is 1.37 bits per heavy atom. The summed E-state index contributed by atoms with van der Waals surface area (Å²) >= 11 is 0. The number of para-hydroxylation sites is 1. The zero-order valence-electron chi connectivity index (χ0n) is 11.3. The molecule has 3 N–H and O–H groups in total. The van der Waals surface area contributed by atoms with E-state index in [4.69, 9.17) is 10.2 Å². The highest BCUT2D eigenvalue weighted by Gasteiger charge is 2.17. The second-order valence-electron chi connectivity index (χ2n) is 4.90. The average molecular weight is 260 g/mol. The summed E-state index contributed by atoms with van der Waals surface area (Å²) in [5.41, 5.74) is 6.30. The third-order valence-corrected chi connectivity index (χ3v) is 3.28. The van der Waals surface area contributed by atoms with Gasteiger partial charge >= 0.3 is 0 Å². The van der Waals surface area contributed by atoms with E-state index in [1.807, 2.05) is 44.2 Å². The van der Waals surface area contributed by atoms with Crippen LogP contribution in [-0.4, -0.2) is 12.5 Å². The van der Waals surface area contributed by atoms with Crippen LogP contribution in [0, 0.1) is 5.92 Å². The topological polar surface area (TPSA) is 68.3 Å². The van der Waals surface area contributed by atoms with Gasteiger partial charge in [0.2, 0.25) is 5.91 Å². The zero-order valence-corrected chi connectivity index (χ0v) is 11.3. The standard InChI is InChI=1S/C15H20N2O2/c1-10(7-8-16)15(18)17-11(2)14-9-12-5-3-4-6-13(12)19-14/h3-6,9-11H,7-8,16H2,1-2H3,(H,17,18). The summed E-state index contributed by atoms with van der Waals surface area (Å²) in [5.74, 6) is 0.713. The fourth-order valence-corrected chi connectivity index (χ4v) is 2.02. The minimum atomic E-state index is -0.139. The van der Waals surface area contributed by atoms with Crippen LogP contribution < -0.4 is 11.1 Å². The highest BCUT2D eigenvalue weighted by Crippen LogP contribution is 2.23. The molecule has 4 nitrogen and oxygen atoms in total. The molecule has 0 aliphatic rings. The van der Waals surface area contributed by atoms with Crippen molar-refractivity contribution < 1.29 is 9.21 Å². The first-order valence-electron chi connectivity index (χ1n) is 6.60. The first-order valence-corrected chi connectivity index (χ1v) is 6.60. The maximum Gasteiger partial charge on any atom is 0.223 e. The SMILES string of the molecule is CC(CCN)C(=O)NC(C)c1cc2ccccc2o1. The summed E-state index contributed by atoms with van der Waals surface area (Å²) in [4.78, 5) is 11.9. The van der Waals surface area contributed by atoms with Crippen LogP contribution in [0.1, 0.15) is 32.1 Å². The maximum atomic E-state index is 11.9. The molecule has 4 heteroatoms. The molecule has 2 rings (SSSR count). The Labute approximate surface area is 113 Å². The molecule has 0 saturated heterocycles. The van der Waals surface area contributed by atoms with Crippen LogP contribution in [0.3, 0.4) is 0 Å². The first-order chi connectivity index (χ1) is 9.11. The van der Waals surface area contributed by atoms with Crippen LogP contribution >= 0.6 is 0 Å². The average Bonchev–Trinajstić information content (AvgIpc) is 2.82. The van der Waals surface area contributed by atoms with Crippen molar-refractivity contribution in [2.24, 2.45) is 11.7 Å². The van der Waals surface area contributed by atoms with E-state index in [1.54, 1.807) is 0 Å². The van der Waals surface area contributed by atoms with E-state index in [0.717, 1.165) is 16.7 Å². The number of amides is 1. The second-order valence-corrected chi connectivity index (χ2v) is 4.90. The molecule has 0 saturated carbocycles. The number of rotatable bonds is 5. The monoisotopic (exact) mass is 260 g/mol. The van der Waals surface area contributed by atoms with E-state index in [-0.39, 0.29) is 17.9 Å². The molecule has 102 valence electrons. The zero-order chi connectivity index (χ0) is 13.8. The summed E-state index contributed by atoms with van der Waals surface area (Å²) in [6, 6.07) is 9.64. The molecule has 19 heavy (non-hydrogen) atoms. The van der Waals surface area contributed by atoms with Gasteiger partial charge in [0, 0.05) is 11.3 Å². The van der Waals surface area contributed by atoms with Crippen molar-refractivity contribution in [2.75, 3.05) is 6.54 Å². The number of benzene rings is 1. The molecular formula is C15H20N2O2. The largest absolute Gasteiger partial charge is 0.459 e. The quantitative estimate of drug-likeness (QED) is 0.868. The van der Waals surface area contributed by atoms with Gasteiger partial charge in [0.1, 0.15) is 11.3 Å². The number of hydrogen-bond acceptors (Lipinski definition) is 3. The number of carbonyl (C=O) groups is 1. The predicted octanol–water partition coefficient (Wildman–Crippen LogP) is 2.59. The third-order valence-electron chi connectivity index (χ3n) is 3.28. The molecule has 2 aromatic rings. The third kappa shape index (κ3) is 3.15. The predicted molar refractivity (Wildman–Crippen MR) is 75.6 cm³/mol.